The van der Waals surface area contributed by atoms with Gasteiger partial charge >= 0.3 is 6.18 Å². The number of allylic oxidation sites excluding steroid dienone is 2. The molecule has 0 unspecified atom stereocenters. The van der Waals surface area contributed by atoms with Crippen LogP contribution in [0.5, 0.6) is 11.5 Å². The Morgan fingerprint density at radius 2 is 1.83 bits per heavy atom. The largest absolute Gasteiger partial charge is 0.456 e. The van der Waals surface area contributed by atoms with E-state index in [2.05, 4.69) is 10.6 Å². The van der Waals surface area contributed by atoms with E-state index < -0.39 is 29.0 Å². The van der Waals surface area contributed by atoms with Crippen LogP contribution in [-0.2, 0) is 11.0 Å². The van der Waals surface area contributed by atoms with Gasteiger partial charge in [-0.25, -0.2) is 4.39 Å². The first kappa shape index (κ1) is 22.7. The van der Waals surface area contributed by atoms with Gasteiger partial charge in [-0.05, 0) is 49.0 Å². The third-order valence-corrected chi connectivity index (χ3v) is 3.86. The van der Waals surface area contributed by atoms with Crippen LogP contribution in [0.25, 0.3) is 0 Å². The molecule has 158 valence electrons. The molecule has 0 fully saturated rings. The Kier molecular flexibility index (Phi) is 7.35. The van der Waals surface area contributed by atoms with E-state index in [-0.39, 0.29) is 17.2 Å². The van der Waals surface area contributed by atoms with Gasteiger partial charge in [0.1, 0.15) is 23.6 Å². The number of aryl methyl sites for hydroxylation is 1. The standard InChI is InChI=1S/C21H18F4N2O3/c1-13-3-5-15(22)12-19(13)30-18-6-4-14(21(23,24)25)11-17(18)20(29)27-16(8-10-28)7-9-26-2/h3-12,26H,1-2H3,(H,27,29)/b9-7-,16-8+. The summed E-state index contributed by atoms with van der Waals surface area (Å²) in [7, 11) is 1.58. The van der Waals surface area contributed by atoms with Gasteiger partial charge in [-0.2, -0.15) is 13.2 Å². The van der Waals surface area contributed by atoms with E-state index in [0.29, 0.717) is 17.9 Å². The monoisotopic (exact) mass is 422 g/mol. The molecule has 9 heteroatoms. The molecule has 0 spiro atoms. The molecule has 0 radical (unpaired) electrons. The van der Waals surface area contributed by atoms with E-state index in [1.807, 2.05) is 0 Å². The number of ether oxygens (including phenoxy) is 1. The number of benzene rings is 2. The summed E-state index contributed by atoms with van der Waals surface area (Å²) in [4.78, 5) is 23.5. The predicted molar refractivity (Wildman–Crippen MR) is 102 cm³/mol. The highest BCUT2D eigenvalue weighted by molar-refractivity contribution is 5.98. The quantitative estimate of drug-likeness (QED) is 0.299. The lowest BCUT2D eigenvalue weighted by atomic mass is 10.1. The smallest absolute Gasteiger partial charge is 0.416 e. The number of amides is 1. The maximum absolute atomic E-state index is 13.5. The van der Waals surface area contributed by atoms with Gasteiger partial charge in [-0.15, -0.1) is 0 Å². The lowest BCUT2D eigenvalue weighted by molar-refractivity contribution is -0.137. The molecule has 5 nitrogen and oxygen atoms in total. The fraction of sp³-hybridized carbons (Fsp3) is 0.143. The molecule has 0 heterocycles. The van der Waals surface area contributed by atoms with Crippen LogP contribution >= 0.6 is 0 Å². The van der Waals surface area contributed by atoms with Gasteiger partial charge in [0.05, 0.1) is 11.1 Å². The summed E-state index contributed by atoms with van der Waals surface area (Å²) in [5.41, 5.74) is -0.957. The van der Waals surface area contributed by atoms with Crippen LogP contribution in [0.3, 0.4) is 0 Å². The van der Waals surface area contributed by atoms with Crippen molar-refractivity contribution in [2.45, 2.75) is 13.1 Å². The van der Waals surface area contributed by atoms with Gasteiger partial charge in [-0.3, -0.25) is 9.59 Å². The zero-order valence-electron chi connectivity index (χ0n) is 16.0. The van der Waals surface area contributed by atoms with Gasteiger partial charge in [0.25, 0.3) is 5.91 Å². The van der Waals surface area contributed by atoms with Gasteiger partial charge in [0.2, 0.25) is 0 Å². The van der Waals surface area contributed by atoms with Crippen molar-refractivity contribution in [3.05, 3.63) is 83.0 Å². The fourth-order valence-electron chi connectivity index (χ4n) is 2.36. The second-order valence-electron chi connectivity index (χ2n) is 6.05. The first-order valence-electron chi connectivity index (χ1n) is 8.61. The van der Waals surface area contributed by atoms with Crippen molar-refractivity contribution >= 4 is 12.2 Å². The van der Waals surface area contributed by atoms with E-state index in [1.54, 1.807) is 14.0 Å². The Labute approximate surface area is 170 Å². The number of alkyl halides is 3. The third kappa shape index (κ3) is 5.94. The second kappa shape index (κ2) is 9.73. The van der Waals surface area contributed by atoms with Gasteiger partial charge < -0.3 is 15.4 Å². The van der Waals surface area contributed by atoms with Crippen LogP contribution in [0.1, 0.15) is 21.5 Å². The molecule has 0 aliphatic carbocycles. The number of halogens is 4. The molecule has 0 aliphatic rings. The summed E-state index contributed by atoms with van der Waals surface area (Å²) in [6, 6.07) is 6.05. The zero-order chi connectivity index (χ0) is 22.3. The minimum Gasteiger partial charge on any atom is -0.456 e. The van der Waals surface area contributed by atoms with Crippen LogP contribution in [0.4, 0.5) is 17.6 Å². The molecule has 2 aromatic rings. The van der Waals surface area contributed by atoms with Crippen LogP contribution in [-0.4, -0.2) is 19.2 Å². The summed E-state index contributed by atoms with van der Waals surface area (Å²) in [5, 5.41) is 5.00. The Hall–Kier alpha value is -3.62. The van der Waals surface area contributed by atoms with E-state index in [1.165, 1.54) is 24.4 Å². The van der Waals surface area contributed by atoms with E-state index in [4.69, 9.17) is 4.74 Å². The van der Waals surface area contributed by atoms with Crippen LogP contribution < -0.4 is 15.4 Å². The summed E-state index contributed by atoms with van der Waals surface area (Å²) in [6.45, 7) is 1.62. The minimum absolute atomic E-state index is 0.0367. The van der Waals surface area contributed by atoms with E-state index >= 15 is 0 Å². The molecule has 0 saturated carbocycles. The molecule has 2 N–H and O–H groups in total. The number of carbonyl (C=O) groups excluding carboxylic acids is 2. The minimum atomic E-state index is -4.70. The lowest BCUT2D eigenvalue weighted by Crippen LogP contribution is -2.23. The summed E-state index contributed by atoms with van der Waals surface area (Å²) < 4.78 is 58.6. The lowest BCUT2D eigenvalue weighted by Gasteiger charge is -2.16. The molecule has 30 heavy (non-hydrogen) atoms. The van der Waals surface area contributed by atoms with E-state index in [9.17, 15) is 27.2 Å². The van der Waals surface area contributed by atoms with Crippen molar-refractivity contribution in [3.8, 4) is 11.5 Å². The molecule has 0 atom stereocenters. The average molecular weight is 422 g/mol. The topological polar surface area (TPSA) is 67.4 Å². The number of carbonyl (C=O) groups is 2. The summed E-state index contributed by atoms with van der Waals surface area (Å²) in [6.07, 6.45) is -0.506. The molecule has 1 amide bonds. The fourth-order valence-corrected chi connectivity index (χ4v) is 2.36. The maximum atomic E-state index is 13.5. The Bertz CT molecular complexity index is 998. The second-order valence-corrected chi connectivity index (χ2v) is 6.05. The van der Waals surface area contributed by atoms with Crippen molar-refractivity contribution in [3.63, 3.8) is 0 Å². The van der Waals surface area contributed by atoms with Gasteiger partial charge in [0, 0.05) is 24.9 Å². The maximum Gasteiger partial charge on any atom is 0.416 e. The number of nitrogens with one attached hydrogen (secondary N) is 2. The molecule has 0 aliphatic heterocycles. The molecule has 0 aromatic heterocycles. The predicted octanol–water partition coefficient (Wildman–Crippen LogP) is 4.49. The third-order valence-electron chi connectivity index (χ3n) is 3.86. The van der Waals surface area contributed by atoms with Crippen LogP contribution in [0, 0.1) is 12.7 Å². The van der Waals surface area contributed by atoms with Gasteiger partial charge in [-0.1, -0.05) is 6.07 Å². The first-order valence-corrected chi connectivity index (χ1v) is 8.61. The van der Waals surface area contributed by atoms with Gasteiger partial charge in [0.15, 0.2) is 0 Å². The summed E-state index contributed by atoms with van der Waals surface area (Å²) in [5.74, 6) is -1.72. The molecule has 0 bridgehead atoms. The van der Waals surface area contributed by atoms with Crippen LogP contribution in [0.15, 0.2) is 60.4 Å². The highest BCUT2D eigenvalue weighted by Gasteiger charge is 2.32. The van der Waals surface area contributed by atoms with Crippen molar-refractivity contribution in [2.24, 2.45) is 0 Å². The van der Waals surface area contributed by atoms with Crippen LogP contribution in [0.2, 0.25) is 0 Å². The normalized spacial score (nSPS) is 12.0. The van der Waals surface area contributed by atoms with Crippen molar-refractivity contribution in [1.82, 2.24) is 10.6 Å². The first-order chi connectivity index (χ1) is 14.2. The Morgan fingerprint density at radius 1 is 1.10 bits per heavy atom. The number of hydrogen-bond acceptors (Lipinski definition) is 4. The molecular formula is C21H18F4N2O3. The summed E-state index contributed by atoms with van der Waals surface area (Å²) >= 11 is 0. The zero-order valence-corrected chi connectivity index (χ0v) is 16.0. The SMILES string of the molecule is CN/C=C\C(=C/C=O)NC(=O)c1cc(C(F)(F)F)ccc1Oc1cc(F)ccc1C. The molecule has 0 saturated heterocycles. The molecule has 2 rings (SSSR count). The molecule has 2 aromatic carbocycles. The van der Waals surface area contributed by atoms with Crippen molar-refractivity contribution in [2.75, 3.05) is 7.05 Å². The van der Waals surface area contributed by atoms with Crippen molar-refractivity contribution < 1.29 is 31.9 Å². The highest BCUT2D eigenvalue weighted by Crippen LogP contribution is 2.35. The molecular weight excluding hydrogens is 404 g/mol. The van der Waals surface area contributed by atoms with Crippen molar-refractivity contribution in [1.29, 1.82) is 0 Å². The van der Waals surface area contributed by atoms with E-state index in [0.717, 1.165) is 24.3 Å². The highest BCUT2D eigenvalue weighted by atomic mass is 19.4. The number of rotatable bonds is 7. The Balaban J connectivity index is 2.49. The average Bonchev–Trinajstić information content (AvgIpc) is 2.68. The number of hydrogen-bond donors (Lipinski definition) is 2. The Morgan fingerprint density at radius 3 is 2.47 bits per heavy atom. The number of aldehydes is 1.